The van der Waals surface area contributed by atoms with Crippen LogP contribution in [0.25, 0.3) is 0 Å². The summed E-state index contributed by atoms with van der Waals surface area (Å²) in [5.41, 5.74) is 5.57. The highest BCUT2D eigenvalue weighted by atomic mass is 35.5. The molecular formula is C7H17ClN2O. The maximum absolute atomic E-state index is 11.1. The van der Waals surface area contributed by atoms with Gasteiger partial charge in [-0.25, -0.2) is 0 Å². The Morgan fingerprint density at radius 2 is 1.73 bits per heavy atom. The van der Waals surface area contributed by atoms with Crippen molar-refractivity contribution >= 4 is 18.3 Å². The second kappa shape index (κ2) is 5.38. The SMILES string of the molecule is CC(C)C(N)C(=O)N(C)C.Cl. The molecule has 0 aromatic rings. The zero-order valence-electron chi connectivity index (χ0n) is 7.50. The van der Waals surface area contributed by atoms with Gasteiger partial charge in [0, 0.05) is 14.1 Å². The van der Waals surface area contributed by atoms with Crippen molar-refractivity contribution in [1.29, 1.82) is 0 Å². The van der Waals surface area contributed by atoms with E-state index in [-0.39, 0.29) is 30.3 Å². The number of amides is 1. The number of halogens is 1. The molecule has 0 bridgehead atoms. The molecule has 0 saturated carbocycles. The zero-order chi connectivity index (χ0) is 8.31. The Bertz CT molecular complexity index is 126. The fourth-order valence-corrected chi connectivity index (χ4v) is 0.583. The van der Waals surface area contributed by atoms with Gasteiger partial charge in [0.1, 0.15) is 0 Å². The standard InChI is InChI=1S/C7H16N2O.ClH/c1-5(2)6(8)7(10)9(3)4;/h5-6H,8H2,1-4H3;1H. The summed E-state index contributed by atoms with van der Waals surface area (Å²) in [6.07, 6.45) is 0. The van der Waals surface area contributed by atoms with Crippen LogP contribution in [-0.4, -0.2) is 30.9 Å². The third kappa shape index (κ3) is 4.22. The first kappa shape index (κ1) is 13.3. The second-order valence-electron chi connectivity index (χ2n) is 3.00. The third-order valence-electron chi connectivity index (χ3n) is 1.44. The van der Waals surface area contributed by atoms with Gasteiger partial charge in [0.05, 0.1) is 6.04 Å². The highest BCUT2D eigenvalue weighted by Crippen LogP contribution is 1.99. The molecule has 68 valence electrons. The summed E-state index contributed by atoms with van der Waals surface area (Å²) in [5.74, 6) is 0.213. The quantitative estimate of drug-likeness (QED) is 0.672. The smallest absolute Gasteiger partial charge is 0.239 e. The van der Waals surface area contributed by atoms with Crippen LogP contribution in [0.5, 0.6) is 0 Å². The van der Waals surface area contributed by atoms with Crippen molar-refractivity contribution in [3.05, 3.63) is 0 Å². The lowest BCUT2D eigenvalue weighted by atomic mass is 10.0. The summed E-state index contributed by atoms with van der Waals surface area (Å²) in [4.78, 5) is 12.6. The van der Waals surface area contributed by atoms with Gasteiger partial charge >= 0.3 is 0 Å². The molecule has 1 atom stereocenters. The average molecular weight is 181 g/mol. The predicted molar refractivity (Wildman–Crippen MR) is 48.8 cm³/mol. The molecule has 0 aliphatic heterocycles. The van der Waals surface area contributed by atoms with Gasteiger partial charge in [-0.05, 0) is 5.92 Å². The maximum atomic E-state index is 11.1. The van der Waals surface area contributed by atoms with Crippen molar-refractivity contribution in [2.75, 3.05) is 14.1 Å². The second-order valence-corrected chi connectivity index (χ2v) is 3.00. The Morgan fingerprint density at radius 1 is 1.36 bits per heavy atom. The normalized spacial score (nSPS) is 12.2. The molecule has 3 nitrogen and oxygen atoms in total. The summed E-state index contributed by atoms with van der Waals surface area (Å²) in [6.45, 7) is 3.87. The minimum atomic E-state index is -0.352. The van der Waals surface area contributed by atoms with E-state index in [1.165, 1.54) is 4.90 Å². The van der Waals surface area contributed by atoms with E-state index in [1.807, 2.05) is 13.8 Å². The lowest BCUT2D eigenvalue weighted by Crippen LogP contribution is -2.43. The third-order valence-corrected chi connectivity index (χ3v) is 1.44. The molecule has 0 aromatic heterocycles. The lowest BCUT2D eigenvalue weighted by molar-refractivity contribution is -0.130. The molecule has 1 amide bonds. The van der Waals surface area contributed by atoms with E-state index >= 15 is 0 Å². The summed E-state index contributed by atoms with van der Waals surface area (Å²) in [7, 11) is 3.43. The molecule has 11 heavy (non-hydrogen) atoms. The molecular weight excluding hydrogens is 164 g/mol. The van der Waals surface area contributed by atoms with Crippen molar-refractivity contribution < 1.29 is 4.79 Å². The van der Waals surface area contributed by atoms with Gasteiger partial charge < -0.3 is 10.6 Å². The fraction of sp³-hybridized carbons (Fsp3) is 0.857. The van der Waals surface area contributed by atoms with E-state index in [1.54, 1.807) is 14.1 Å². The van der Waals surface area contributed by atoms with Crippen molar-refractivity contribution in [1.82, 2.24) is 4.90 Å². The molecule has 0 heterocycles. The topological polar surface area (TPSA) is 46.3 Å². The van der Waals surface area contributed by atoms with Crippen molar-refractivity contribution in [3.63, 3.8) is 0 Å². The van der Waals surface area contributed by atoms with Gasteiger partial charge in [-0.3, -0.25) is 4.79 Å². The van der Waals surface area contributed by atoms with Crippen LogP contribution in [0.3, 0.4) is 0 Å². The Hall–Kier alpha value is -0.280. The van der Waals surface area contributed by atoms with E-state index in [0.717, 1.165) is 0 Å². The van der Waals surface area contributed by atoms with Crippen LogP contribution in [0.15, 0.2) is 0 Å². The van der Waals surface area contributed by atoms with E-state index < -0.39 is 0 Å². The monoisotopic (exact) mass is 180 g/mol. The summed E-state index contributed by atoms with van der Waals surface area (Å²) < 4.78 is 0. The Labute approximate surface area is 74.3 Å². The van der Waals surface area contributed by atoms with Gasteiger partial charge in [0.2, 0.25) is 5.91 Å². The van der Waals surface area contributed by atoms with Crippen LogP contribution in [0.4, 0.5) is 0 Å². The highest BCUT2D eigenvalue weighted by molar-refractivity contribution is 5.85. The first-order valence-electron chi connectivity index (χ1n) is 3.43. The van der Waals surface area contributed by atoms with Crippen LogP contribution in [0.1, 0.15) is 13.8 Å². The number of nitrogens with zero attached hydrogens (tertiary/aromatic N) is 1. The summed E-state index contributed by atoms with van der Waals surface area (Å²) >= 11 is 0. The van der Waals surface area contributed by atoms with Crippen molar-refractivity contribution in [2.45, 2.75) is 19.9 Å². The molecule has 0 spiro atoms. The van der Waals surface area contributed by atoms with E-state index in [2.05, 4.69) is 0 Å². The number of hydrogen-bond acceptors (Lipinski definition) is 2. The molecule has 2 N–H and O–H groups in total. The Balaban J connectivity index is 0. The highest BCUT2D eigenvalue weighted by Gasteiger charge is 2.17. The summed E-state index contributed by atoms with van der Waals surface area (Å²) in [5, 5.41) is 0. The molecule has 0 radical (unpaired) electrons. The molecule has 0 aliphatic carbocycles. The van der Waals surface area contributed by atoms with Gasteiger partial charge in [-0.2, -0.15) is 0 Å². The first-order valence-corrected chi connectivity index (χ1v) is 3.43. The molecule has 1 unspecified atom stereocenters. The Kier molecular flexibility index (Phi) is 6.52. The van der Waals surface area contributed by atoms with Crippen LogP contribution in [-0.2, 0) is 4.79 Å². The van der Waals surface area contributed by atoms with Gasteiger partial charge in [0.15, 0.2) is 0 Å². The minimum absolute atomic E-state index is 0. The number of rotatable bonds is 2. The van der Waals surface area contributed by atoms with Crippen molar-refractivity contribution in [2.24, 2.45) is 11.7 Å². The van der Waals surface area contributed by atoms with E-state index in [9.17, 15) is 4.79 Å². The number of hydrogen-bond donors (Lipinski definition) is 1. The van der Waals surface area contributed by atoms with Crippen LogP contribution in [0, 0.1) is 5.92 Å². The van der Waals surface area contributed by atoms with Gasteiger partial charge in [-0.1, -0.05) is 13.8 Å². The molecule has 0 aliphatic rings. The van der Waals surface area contributed by atoms with Gasteiger partial charge in [0.25, 0.3) is 0 Å². The molecule has 0 fully saturated rings. The molecule has 0 rings (SSSR count). The average Bonchev–Trinajstić information content (AvgIpc) is 1.84. The Morgan fingerprint density at radius 3 is 1.82 bits per heavy atom. The molecule has 0 aromatic carbocycles. The minimum Gasteiger partial charge on any atom is -0.347 e. The zero-order valence-corrected chi connectivity index (χ0v) is 8.31. The largest absolute Gasteiger partial charge is 0.347 e. The molecule has 0 saturated heterocycles. The number of carbonyl (C=O) groups excluding carboxylic acids is 1. The van der Waals surface area contributed by atoms with Gasteiger partial charge in [-0.15, -0.1) is 12.4 Å². The number of nitrogens with two attached hydrogens (primary N) is 1. The number of carbonyl (C=O) groups is 1. The van der Waals surface area contributed by atoms with Crippen LogP contribution < -0.4 is 5.73 Å². The summed E-state index contributed by atoms with van der Waals surface area (Å²) in [6, 6.07) is -0.352. The van der Waals surface area contributed by atoms with Crippen LogP contribution in [0.2, 0.25) is 0 Å². The maximum Gasteiger partial charge on any atom is 0.239 e. The van der Waals surface area contributed by atoms with Crippen molar-refractivity contribution in [3.8, 4) is 0 Å². The fourth-order valence-electron chi connectivity index (χ4n) is 0.583. The molecule has 4 heteroatoms. The van der Waals surface area contributed by atoms with E-state index in [4.69, 9.17) is 5.73 Å². The lowest BCUT2D eigenvalue weighted by Gasteiger charge is -2.19. The van der Waals surface area contributed by atoms with E-state index in [0.29, 0.717) is 0 Å². The predicted octanol–water partition coefficient (Wildman–Crippen LogP) is 0.480. The van der Waals surface area contributed by atoms with Crippen LogP contribution >= 0.6 is 12.4 Å². The number of likely N-dealkylation sites (N-methyl/N-ethyl adjacent to an activating group) is 1. The first-order chi connectivity index (χ1) is 4.46.